The number of nitrogens with one attached hydrogen (secondary N) is 2. The van der Waals surface area contributed by atoms with E-state index in [0.717, 1.165) is 27.6 Å². The van der Waals surface area contributed by atoms with Crippen LogP contribution in [0, 0.1) is 0 Å². The van der Waals surface area contributed by atoms with E-state index in [9.17, 15) is 9.59 Å². The fourth-order valence-corrected chi connectivity index (χ4v) is 4.57. The zero-order valence-corrected chi connectivity index (χ0v) is 19.9. The van der Waals surface area contributed by atoms with Gasteiger partial charge in [0.05, 0.1) is 13.2 Å². The maximum absolute atomic E-state index is 13.7. The highest BCUT2D eigenvalue weighted by atomic mass is 16.5. The van der Waals surface area contributed by atoms with Crippen LogP contribution in [0.2, 0.25) is 0 Å². The van der Waals surface area contributed by atoms with E-state index in [2.05, 4.69) is 10.3 Å². The second kappa shape index (κ2) is 11.1. The van der Waals surface area contributed by atoms with Crippen molar-refractivity contribution >= 4 is 22.9 Å². The van der Waals surface area contributed by atoms with E-state index in [1.807, 2.05) is 91.1 Å². The van der Waals surface area contributed by atoms with Gasteiger partial charge in [0.1, 0.15) is 18.8 Å². The Morgan fingerprint density at radius 1 is 1.00 bits per heavy atom. The molecule has 2 unspecified atom stereocenters. The van der Waals surface area contributed by atoms with Gasteiger partial charge in [-0.25, -0.2) is 4.79 Å². The number of morpholine rings is 1. The van der Waals surface area contributed by atoms with Gasteiger partial charge in [-0.1, -0.05) is 78.9 Å². The number of rotatable bonds is 7. The van der Waals surface area contributed by atoms with Crippen LogP contribution < -0.4 is 5.32 Å². The monoisotopic (exact) mass is 483 g/mol. The van der Waals surface area contributed by atoms with Crippen LogP contribution in [-0.4, -0.2) is 47.6 Å². The molecule has 1 aromatic heterocycles. The summed E-state index contributed by atoms with van der Waals surface area (Å²) in [7, 11) is 0. The Kier molecular flexibility index (Phi) is 7.28. The van der Waals surface area contributed by atoms with Gasteiger partial charge in [0, 0.05) is 30.1 Å². The van der Waals surface area contributed by atoms with Crippen LogP contribution in [0.25, 0.3) is 10.9 Å². The third-order valence-corrected chi connectivity index (χ3v) is 6.45. The molecule has 36 heavy (non-hydrogen) atoms. The van der Waals surface area contributed by atoms with E-state index in [4.69, 9.17) is 9.47 Å². The molecular formula is C29H29N3O4. The molecule has 2 N–H and O–H groups in total. The molecule has 1 aliphatic rings. The minimum atomic E-state index is -0.776. The minimum absolute atomic E-state index is 0.133. The number of fused-ring (bicyclic) bond motifs is 1. The number of benzene rings is 3. The van der Waals surface area contributed by atoms with Crippen LogP contribution >= 0.6 is 0 Å². The summed E-state index contributed by atoms with van der Waals surface area (Å²) in [6.45, 7) is 1.46. The minimum Gasteiger partial charge on any atom is -0.445 e. The first-order valence-electron chi connectivity index (χ1n) is 12.1. The number of carbonyl (C=O) groups is 2. The number of aromatic nitrogens is 1. The number of ether oxygens (including phenoxy) is 2. The summed E-state index contributed by atoms with van der Waals surface area (Å²) < 4.78 is 11.4. The quantitative estimate of drug-likeness (QED) is 0.402. The Morgan fingerprint density at radius 3 is 2.53 bits per heavy atom. The van der Waals surface area contributed by atoms with Crippen molar-refractivity contribution in [2.45, 2.75) is 25.2 Å². The van der Waals surface area contributed by atoms with Crippen molar-refractivity contribution in [2.75, 3.05) is 19.7 Å². The standard InChI is InChI=1S/C29H29N3O4/c33-28(32-15-16-35-27(19-32)22-11-5-2-6-12-22)26(17-23-18-30-25-14-8-7-13-24(23)25)31-29(34)36-20-21-9-3-1-4-10-21/h1-14,18,26-27,30H,15-17,19-20H2,(H,31,34). The largest absolute Gasteiger partial charge is 0.445 e. The molecule has 2 amide bonds. The van der Waals surface area contributed by atoms with Crippen molar-refractivity contribution in [3.63, 3.8) is 0 Å². The van der Waals surface area contributed by atoms with Gasteiger partial charge in [0.2, 0.25) is 5.91 Å². The average molecular weight is 484 g/mol. The molecule has 0 aliphatic carbocycles. The van der Waals surface area contributed by atoms with Crippen molar-refractivity contribution in [1.29, 1.82) is 0 Å². The van der Waals surface area contributed by atoms with Crippen molar-refractivity contribution in [2.24, 2.45) is 0 Å². The van der Waals surface area contributed by atoms with Crippen LogP contribution in [-0.2, 0) is 27.3 Å². The summed E-state index contributed by atoms with van der Waals surface area (Å²) in [5, 5.41) is 3.86. The van der Waals surface area contributed by atoms with E-state index >= 15 is 0 Å². The molecule has 0 spiro atoms. The maximum Gasteiger partial charge on any atom is 0.408 e. The zero-order chi connectivity index (χ0) is 24.7. The van der Waals surface area contributed by atoms with E-state index in [1.54, 1.807) is 4.90 Å². The highest BCUT2D eigenvalue weighted by Gasteiger charge is 2.32. The van der Waals surface area contributed by atoms with Crippen molar-refractivity contribution in [3.05, 3.63) is 108 Å². The summed E-state index contributed by atoms with van der Waals surface area (Å²) in [6.07, 6.45) is 1.41. The van der Waals surface area contributed by atoms with Gasteiger partial charge in [-0.05, 0) is 22.8 Å². The first kappa shape index (κ1) is 23.6. The molecule has 0 saturated carbocycles. The molecule has 3 aromatic carbocycles. The molecule has 184 valence electrons. The third kappa shape index (κ3) is 5.58. The lowest BCUT2D eigenvalue weighted by molar-refractivity contribution is -0.141. The van der Waals surface area contributed by atoms with Gasteiger partial charge in [-0.15, -0.1) is 0 Å². The van der Waals surface area contributed by atoms with E-state index in [-0.39, 0.29) is 18.6 Å². The van der Waals surface area contributed by atoms with E-state index in [0.29, 0.717) is 26.1 Å². The second-order valence-electron chi connectivity index (χ2n) is 8.88. The molecular weight excluding hydrogens is 454 g/mol. The smallest absolute Gasteiger partial charge is 0.408 e. The normalized spacial score (nSPS) is 16.4. The lowest BCUT2D eigenvalue weighted by atomic mass is 10.0. The number of alkyl carbamates (subject to hydrolysis) is 1. The number of para-hydroxylation sites is 1. The molecule has 7 heteroatoms. The Labute approximate surface area is 210 Å². The molecule has 2 heterocycles. The van der Waals surface area contributed by atoms with Gasteiger partial charge in [-0.2, -0.15) is 0 Å². The summed E-state index contributed by atoms with van der Waals surface area (Å²) in [6, 6.07) is 26.5. The Bertz CT molecular complexity index is 1310. The number of H-pyrrole nitrogens is 1. The van der Waals surface area contributed by atoms with Crippen LogP contribution in [0.15, 0.2) is 91.1 Å². The van der Waals surface area contributed by atoms with Crippen LogP contribution in [0.4, 0.5) is 4.79 Å². The first-order valence-corrected chi connectivity index (χ1v) is 12.1. The van der Waals surface area contributed by atoms with Crippen molar-refractivity contribution in [1.82, 2.24) is 15.2 Å². The van der Waals surface area contributed by atoms with E-state index in [1.165, 1.54) is 0 Å². The van der Waals surface area contributed by atoms with Crippen LogP contribution in [0.5, 0.6) is 0 Å². The number of carbonyl (C=O) groups excluding carboxylic acids is 2. The molecule has 5 rings (SSSR count). The number of amides is 2. The molecule has 0 radical (unpaired) electrons. The topological polar surface area (TPSA) is 83.7 Å². The molecule has 4 aromatic rings. The molecule has 1 fully saturated rings. The summed E-state index contributed by atoms with van der Waals surface area (Å²) in [5.41, 5.74) is 3.85. The molecule has 1 saturated heterocycles. The Hall–Kier alpha value is -4.10. The molecule has 1 aliphatic heterocycles. The number of hydrogen-bond acceptors (Lipinski definition) is 4. The number of aromatic amines is 1. The van der Waals surface area contributed by atoms with Crippen molar-refractivity contribution < 1.29 is 19.1 Å². The van der Waals surface area contributed by atoms with Crippen LogP contribution in [0.1, 0.15) is 22.8 Å². The number of hydrogen-bond donors (Lipinski definition) is 2. The fraction of sp³-hybridized carbons (Fsp3) is 0.241. The molecule has 2 atom stereocenters. The first-order chi connectivity index (χ1) is 17.7. The summed E-state index contributed by atoms with van der Waals surface area (Å²) in [4.78, 5) is 31.5. The van der Waals surface area contributed by atoms with Gasteiger partial charge in [0.25, 0.3) is 0 Å². The second-order valence-corrected chi connectivity index (χ2v) is 8.88. The van der Waals surface area contributed by atoms with Gasteiger partial charge in [-0.3, -0.25) is 4.79 Å². The Balaban J connectivity index is 1.32. The predicted octanol–water partition coefficient (Wildman–Crippen LogP) is 4.61. The zero-order valence-electron chi connectivity index (χ0n) is 19.9. The van der Waals surface area contributed by atoms with Crippen LogP contribution in [0.3, 0.4) is 0 Å². The van der Waals surface area contributed by atoms with E-state index < -0.39 is 12.1 Å². The summed E-state index contributed by atoms with van der Waals surface area (Å²) >= 11 is 0. The van der Waals surface area contributed by atoms with Crippen molar-refractivity contribution in [3.8, 4) is 0 Å². The third-order valence-electron chi connectivity index (χ3n) is 6.45. The van der Waals surface area contributed by atoms with Gasteiger partial charge < -0.3 is 24.7 Å². The molecule has 0 bridgehead atoms. The lowest BCUT2D eigenvalue weighted by Crippen LogP contribution is -2.53. The summed E-state index contributed by atoms with van der Waals surface area (Å²) in [5.74, 6) is -0.152. The predicted molar refractivity (Wildman–Crippen MR) is 137 cm³/mol. The highest BCUT2D eigenvalue weighted by molar-refractivity contribution is 5.88. The van der Waals surface area contributed by atoms with Gasteiger partial charge in [0.15, 0.2) is 0 Å². The number of nitrogens with zero attached hydrogens (tertiary/aromatic N) is 1. The lowest BCUT2D eigenvalue weighted by Gasteiger charge is -2.35. The SMILES string of the molecule is O=C(NC(Cc1c[nH]c2ccccc12)C(=O)N1CCOC(c2ccccc2)C1)OCc1ccccc1. The molecule has 7 nitrogen and oxygen atoms in total. The average Bonchev–Trinajstić information content (AvgIpc) is 3.35. The van der Waals surface area contributed by atoms with Gasteiger partial charge >= 0.3 is 6.09 Å². The maximum atomic E-state index is 13.7. The fourth-order valence-electron chi connectivity index (χ4n) is 4.57. The Morgan fingerprint density at radius 2 is 1.72 bits per heavy atom. The highest BCUT2D eigenvalue weighted by Crippen LogP contribution is 2.24.